The molecule has 1 unspecified atom stereocenters. The van der Waals surface area contributed by atoms with Gasteiger partial charge in [0.05, 0.1) is 29.1 Å². The molecule has 2 rings (SSSR count). The molecule has 0 aliphatic rings. The molecule has 1 N–H and O–H groups in total. The van der Waals surface area contributed by atoms with Crippen molar-refractivity contribution in [3.63, 3.8) is 0 Å². The molecule has 4 nitrogen and oxygen atoms in total. The van der Waals surface area contributed by atoms with Gasteiger partial charge in [-0.1, -0.05) is 0 Å². The highest BCUT2D eigenvalue weighted by Gasteiger charge is 2.18. The lowest BCUT2D eigenvalue weighted by atomic mass is 10.1. The first-order valence-electron chi connectivity index (χ1n) is 6.09. The molecule has 0 aliphatic carbocycles. The Labute approximate surface area is 125 Å². The standard InChI is InChI=1S/C13H17BrN2O2S/c1-4-16-10(13(14)8(2)15-16)6-11(17)12-5-9(18-3)7-19-12/h5,7,11,17H,4,6H2,1-3H3. The highest BCUT2D eigenvalue weighted by Crippen LogP contribution is 2.31. The summed E-state index contributed by atoms with van der Waals surface area (Å²) in [5, 5.41) is 16.7. The maximum absolute atomic E-state index is 10.3. The molecule has 0 bridgehead atoms. The van der Waals surface area contributed by atoms with Crippen LogP contribution >= 0.6 is 27.3 Å². The first-order valence-corrected chi connectivity index (χ1v) is 7.76. The van der Waals surface area contributed by atoms with Crippen molar-refractivity contribution in [1.82, 2.24) is 9.78 Å². The molecular formula is C13H17BrN2O2S. The summed E-state index contributed by atoms with van der Waals surface area (Å²) in [5.74, 6) is 0.790. The van der Waals surface area contributed by atoms with Crippen LogP contribution in [0.5, 0.6) is 5.75 Å². The lowest BCUT2D eigenvalue weighted by Gasteiger charge is -2.10. The van der Waals surface area contributed by atoms with E-state index in [1.54, 1.807) is 7.11 Å². The number of halogens is 1. The normalized spacial score (nSPS) is 12.7. The Morgan fingerprint density at radius 2 is 2.32 bits per heavy atom. The molecular weight excluding hydrogens is 328 g/mol. The molecule has 1 atom stereocenters. The van der Waals surface area contributed by atoms with E-state index in [1.807, 2.05) is 30.0 Å². The number of thiophene rings is 1. The minimum Gasteiger partial charge on any atom is -0.496 e. The SMILES string of the molecule is CCn1nc(C)c(Br)c1CC(O)c1cc(OC)cs1. The second-order valence-electron chi connectivity index (χ2n) is 4.27. The fraction of sp³-hybridized carbons (Fsp3) is 0.462. The third-order valence-corrected chi connectivity index (χ3v) is 5.04. The van der Waals surface area contributed by atoms with E-state index in [0.717, 1.165) is 33.0 Å². The molecule has 2 aromatic rings. The van der Waals surface area contributed by atoms with E-state index in [1.165, 1.54) is 11.3 Å². The molecule has 0 aromatic carbocycles. The number of rotatable bonds is 5. The van der Waals surface area contributed by atoms with Crippen molar-refractivity contribution in [2.24, 2.45) is 0 Å². The predicted molar refractivity (Wildman–Crippen MR) is 79.9 cm³/mol. The molecule has 0 amide bonds. The fourth-order valence-electron chi connectivity index (χ4n) is 1.96. The molecule has 104 valence electrons. The maximum Gasteiger partial charge on any atom is 0.129 e. The number of aromatic nitrogens is 2. The molecule has 0 aliphatic heterocycles. The van der Waals surface area contributed by atoms with Crippen molar-refractivity contribution in [3.05, 3.63) is 32.2 Å². The van der Waals surface area contributed by atoms with Crippen LogP contribution in [-0.4, -0.2) is 22.0 Å². The molecule has 0 saturated heterocycles. The molecule has 0 radical (unpaired) electrons. The van der Waals surface area contributed by atoms with E-state index in [9.17, 15) is 5.11 Å². The van der Waals surface area contributed by atoms with Gasteiger partial charge in [-0.25, -0.2) is 0 Å². The third-order valence-electron chi connectivity index (χ3n) is 3.00. The Bertz CT molecular complexity index is 565. The van der Waals surface area contributed by atoms with Gasteiger partial charge in [-0.3, -0.25) is 4.68 Å². The second kappa shape index (κ2) is 6.07. The Morgan fingerprint density at radius 1 is 1.58 bits per heavy atom. The minimum absolute atomic E-state index is 0.536. The summed E-state index contributed by atoms with van der Waals surface area (Å²) < 4.78 is 8.05. The summed E-state index contributed by atoms with van der Waals surface area (Å²) in [4.78, 5) is 0.908. The van der Waals surface area contributed by atoms with Crippen LogP contribution in [0.25, 0.3) is 0 Å². The van der Waals surface area contributed by atoms with E-state index in [2.05, 4.69) is 21.0 Å². The van der Waals surface area contributed by atoms with Gasteiger partial charge in [-0.2, -0.15) is 5.10 Å². The highest BCUT2D eigenvalue weighted by atomic mass is 79.9. The Morgan fingerprint density at radius 3 is 2.89 bits per heavy atom. The van der Waals surface area contributed by atoms with Crippen LogP contribution in [0.3, 0.4) is 0 Å². The largest absolute Gasteiger partial charge is 0.496 e. The van der Waals surface area contributed by atoms with Gasteiger partial charge in [0.1, 0.15) is 5.75 Å². The number of aliphatic hydroxyl groups excluding tert-OH is 1. The first-order chi connectivity index (χ1) is 9.06. The number of aliphatic hydroxyl groups is 1. The number of hydrogen-bond donors (Lipinski definition) is 1. The third kappa shape index (κ3) is 3.01. The summed E-state index contributed by atoms with van der Waals surface area (Å²) in [6, 6.07) is 1.88. The molecule has 19 heavy (non-hydrogen) atoms. The monoisotopic (exact) mass is 344 g/mol. The molecule has 2 aromatic heterocycles. The zero-order valence-corrected chi connectivity index (χ0v) is 13.6. The lowest BCUT2D eigenvalue weighted by molar-refractivity contribution is 0.178. The van der Waals surface area contributed by atoms with E-state index < -0.39 is 6.10 Å². The minimum atomic E-state index is -0.536. The molecule has 0 saturated carbocycles. The van der Waals surface area contributed by atoms with Gasteiger partial charge < -0.3 is 9.84 Å². The van der Waals surface area contributed by atoms with Crippen molar-refractivity contribution in [2.75, 3.05) is 7.11 Å². The van der Waals surface area contributed by atoms with Crippen LogP contribution in [0.4, 0.5) is 0 Å². The summed E-state index contributed by atoms with van der Waals surface area (Å²) >= 11 is 5.05. The van der Waals surface area contributed by atoms with Crippen molar-refractivity contribution < 1.29 is 9.84 Å². The average Bonchev–Trinajstić information content (AvgIpc) is 2.98. The van der Waals surface area contributed by atoms with Gasteiger partial charge in [0.25, 0.3) is 0 Å². The van der Waals surface area contributed by atoms with Gasteiger partial charge in [0.15, 0.2) is 0 Å². The summed E-state index contributed by atoms with van der Waals surface area (Å²) in [7, 11) is 1.63. The van der Waals surface area contributed by atoms with Crippen LogP contribution in [0.15, 0.2) is 15.9 Å². The molecule has 0 fully saturated rings. The number of nitrogens with zero attached hydrogens (tertiary/aromatic N) is 2. The van der Waals surface area contributed by atoms with Gasteiger partial charge in [0.2, 0.25) is 0 Å². The zero-order chi connectivity index (χ0) is 14.0. The number of aryl methyl sites for hydroxylation is 2. The predicted octanol–water partition coefficient (Wildman–Crippen LogP) is 3.32. The van der Waals surface area contributed by atoms with Crippen molar-refractivity contribution in [2.45, 2.75) is 32.9 Å². The van der Waals surface area contributed by atoms with Gasteiger partial charge in [0, 0.05) is 23.2 Å². The van der Waals surface area contributed by atoms with Crippen molar-refractivity contribution >= 4 is 27.3 Å². The number of hydrogen-bond acceptors (Lipinski definition) is 4. The van der Waals surface area contributed by atoms with E-state index >= 15 is 0 Å². The number of ether oxygens (including phenoxy) is 1. The molecule has 6 heteroatoms. The average molecular weight is 345 g/mol. The van der Waals surface area contributed by atoms with E-state index in [-0.39, 0.29) is 0 Å². The number of methoxy groups -OCH3 is 1. The van der Waals surface area contributed by atoms with Gasteiger partial charge in [-0.05, 0) is 35.8 Å². The van der Waals surface area contributed by atoms with Crippen LogP contribution in [0.2, 0.25) is 0 Å². The van der Waals surface area contributed by atoms with Crippen LogP contribution in [0.1, 0.15) is 29.3 Å². The van der Waals surface area contributed by atoms with Gasteiger partial charge in [-0.15, -0.1) is 11.3 Å². The van der Waals surface area contributed by atoms with Crippen molar-refractivity contribution in [3.8, 4) is 5.75 Å². The Hall–Kier alpha value is -0.850. The Kier molecular flexibility index (Phi) is 4.65. The summed E-state index contributed by atoms with van der Waals surface area (Å²) in [6.45, 7) is 4.80. The maximum atomic E-state index is 10.3. The highest BCUT2D eigenvalue weighted by molar-refractivity contribution is 9.10. The second-order valence-corrected chi connectivity index (χ2v) is 6.01. The summed E-state index contributed by atoms with van der Waals surface area (Å²) in [6.07, 6.45) is 0.00505. The Balaban J connectivity index is 2.20. The quantitative estimate of drug-likeness (QED) is 0.904. The summed E-state index contributed by atoms with van der Waals surface area (Å²) in [5.41, 5.74) is 1.98. The van der Waals surface area contributed by atoms with Crippen molar-refractivity contribution in [1.29, 1.82) is 0 Å². The first kappa shape index (κ1) is 14.6. The van der Waals surface area contributed by atoms with Crippen LogP contribution in [-0.2, 0) is 13.0 Å². The van der Waals surface area contributed by atoms with Crippen LogP contribution < -0.4 is 4.74 Å². The molecule has 2 heterocycles. The fourth-order valence-corrected chi connectivity index (χ4v) is 3.25. The lowest BCUT2D eigenvalue weighted by Crippen LogP contribution is -2.08. The topological polar surface area (TPSA) is 47.3 Å². The smallest absolute Gasteiger partial charge is 0.129 e. The van der Waals surface area contributed by atoms with Crippen LogP contribution in [0, 0.1) is 6.92 Å². The van der Waals surface area contributed by atoms with E-state index in [0.29, 0.717) is 6.42 Å². The molecule has 0 spiro atoms. The zero-order valence-electron chi connectivity index (χ0n) is 11.2. The van der Waals surface area contributed by atoms with E-state index in [4.69, 9.17) is 4.74 Å². The van der Waals surface area contributed by atoms with Gasteiger partial charge >= 0.3 is 0 Å².